The summed E-state index contributed by atoms with van der Waals surface area (Å²) in [7, 11) is 0. The molecular weight excluding hydrogens is 231 g/mol. The first kappa shape index (κ1) is 11.0. The Bertz CT molecular complexity index is 335. The van der Waals surface area contributed by atoms with Crippen LogP contribution in [0.15, 0.2) is 12.3 Å². The van der Waals surface area contributed by atoms with Gasteiger partial charge in [-0.3, -0.25) is 4.98 Å². The van der Waals surface area contributed by atoms with Crippen LogP contribution in [0, 0.1) is 0 Å². The van der Waals surface area contributed by atoms with Crippen LogP contribution in [0.5, 0.6) is 0 Å². The second-order valence-electron chi connectivity index (χ2n) is 3.77. The van der Waals surface area contributed by atoms with Gasteiger partial charge in [0, 0.05) is 19.3 Å². The molecule has 0 atom stereocenters. The molecule has 1 aliphatic heterocycles. The molecule has 0 spiro atoms. The van der Waals surface area contributed by atoms with Crippen molar-refractivity contribution < 1.29 is 0 Å². The Morgan fingerprint density at radius 2 is 2.00 bits per heavy atom. The lowest BCUT2D eigenvalue weighted by atomic mass is 10.1. The van der Waals surface area contributed by atoms with Gasteiger partial charge >= 0.3 is 0 Å². The van der Waals surface area contributed by atoms with E-state index in [9.17, 15) is 0 Å². The quantitative estimate of drug-likeness (QED) is 0.741. The SMILES string of the molecule is ClCc1nccc(N2CCCCC2)c1Cl. The number of pyridine rings is 1. The van der Waals surface area contributed by atoms with Gasteiger partial charge in [0.2, 0.25) is 0 Å². The van der Waals surface area contributed by atoms with E-state index < -0.39 is 0 Å². The van der Waals surface area contributed by atoms with Gasteiger partial charge in [0.1, 0.15) is 0 Å². The zero-order valence-electron chi connectivity index (χ0n) is 8.55. The van der Waals surface area contributed by atoms with Crippen LogP contribution in [0.2, 0.25) is 5.02 Å². The summed E-state index contributed by atoms with van der Waals surface area (Å²) in [4.78, 5) is 6.48. The van der Waals surface area contributed by atoms with Crippen molar-refractivity contribution in [3.05, 3.63) is 23.0 Å². The summed E-state index contributed by atoms with van der Waals surface area (Å²) in [6.07, 6.45) is 5.60. The number of anilines is 1. The van der Waals surface area contributed by atoms with Crippen LogP contribution in [0.25, 0.3) is 0 Å². The van der Waals surface area contributed by atoms with Crippen molar-refractivity contribution in [2.24, 2.45) is 0 Å². The molecule has 1 aromatic rings. The van der Waals surface area contributed by atoms with Crippen molar-refractivity contribution in [2.75, 3.05) is 18.0 Å². The van der Waals surface area contributed by atoms with E-state index in [1.165, 1.54) is 19.3 Å². The third kappa shape index (κ3) is 2.37. The first-order chi connectivity index (χ1) is 7.33. The highest BCUT2D eigenvalue weighted by Gasteiger charge is 2.15. The average molecular weight is 245 g/mol. The molecule has 0 aromatic carbocycles. The molecule has 1 aliphatic rings. The lowest BCUT2D eigenvalue weighted by Gasteiger charge is -2.29. The Labute approximate surface area is 100 Å². The molecule has 0 bridgehead atoms. The monoisotopic (exact) mass is 244 g/mol. The Morgan fingerprint density at radius 1 is 1.27 bits per heavy atom. The first-order valence-electron chi connectivity index (χ1n) is 5.27. The normalized spacial score (nSPS) is 16.8. The van der Waals surface area contributed by atoms with E-state index in [2.05, 4.69) is 9.88 Å². The standard InChI is InChI=1S/C11H14Cl2N2/c12-8-9-11(13)10(4-5-14-9)15-6-2-1-3-7-15/h4-5H,1-3,6-8H2. The predicted molar refractivity (Wildman–Crippen MR) is 64.9 cm³/mol. The smallest absolute Gasteiger partial charge is 0.0867 e. The maximum atomic E-state index is 6.25. The first-order valence-corrected chi connectivity index (χ1v) is 6.18. The summed E-state index contributed by atoms with van der Waals surface area (Å²) in [6, 6.07) is 1.98. The fourth-order valence-corrected chi connectivity index (χ4v) is 2.52. The van der Waals surface area contributed by atoms with Gasteiger partial charge in [-0.05, 0) is 25.3 Å². The lowest BCUT2D eigenvalue weighted by molar-refractivity contribution is 0.577. The van der Waals surface area contributed by atoms with Crippen LogP contribution in [0.4, 0.5) is 5.69 Å². The Kier molecular flexibility index (Phi) is 3.71. The van der Waals surface area contributed by atoms with E-state index >= 15 is 0 Å². The summed E-state index contributed by atoms with van der Waals surface area (Å²) in [5.74, 6) is 0.376. The molecule has 1 aromatic heterocycles. The van der Waals surface area contributed by atoms with Crippen molar-refractivity contribution in [2.45, 2.75) is 25.1 Å². The minimum Gasteiger partial charge on any atom is -0.370 e. The molecule has 2 heterocycles. The van der Waals surface area contributed by atoms with E-state index in [0.717, 1.165) is 29.5 Å². The number of piperidine rings is 1. The minimum absolute atomic E-state index is 0.376. The second kappa shape index (κ2) is 5.04. The summed E-state index contributed by atoms with van der Waals surface area (Å²) in [5, 5.41) is 0.717. The van der Waals surface area contributed by atoms with Crippen molar-refractivity contribution >= 4 is 28.9 Å². The van der Waals surface area contributed by atoms with Crippen molar-refractivity contribution in [3.8, 4) is 0 Å². The summed E-state index contributed by atoms with van der Waals surface area (Å²) in [6.45, 7) is 2.18. The van der Waals surface area contributed by atoms with Crippen molar-refractivity contribution in [1.82, 2.24) is 4.98 Å². The molecule has 4 heteroatoms. The second-order valence-corrected chi connectivity index (χ2v) is 4.42. The number of alkyl halides is 1. The third-order valence-corrected chi connectivity index (χ3v) is 3.43. The van der Waals surface area contributed by atoms with Crippen molar-refractivity contribution in [1.29, 1.82) is 0 Å². The van der Waals surface area contributed by atoms with E-state index in [4.69, 9.17) is 23.2 Å². The van der Waals surface area contributed by atoms with Crippen LogP contribution in [-0.4, -0.2) is 18.1 Å². The van der Waals surface area contributed by atoms with Gasteiger partial charge in [0.05, 0.1) is 22.3 Å². The van der Waals surface area contributed by atoms with Crippen LogP contribution in [0.1, 0.15) is 25.0 Å². The number of rotatable bonds is 2. The van der Waals surface area contributed by atoms with Crippen LogP contribution in [0.3, 0.4) is 0 Å². The lowest BCUT2D eigenvalue weighted by Crippen LogP contribution is -2.29. The fraction of sp³-hybridized carbons (Fsp3) is 0.545. The van der Waals surface area contributed by atoms with E-state index in [1.807, 2.05) is 6.07 Å². The molecule has 15 heavy (non-hydrogen) atoms. The van der Waals surface area contributed by atoms with Crippen LogP contribution < -0.4 is 4.90 Å². The molecule has 1 saturated heterocycles. The number of halogens is 2. The number of hydrogen-bond acceptors (Lipinski definition) is 2. The highest BCUT2D eigenvalue weighted by molar-refractivity contribution is 6.34. The third-order valence-electron chi connectivity index (χ3n) is 2.76. The largest absolute Gasteiger partial charge is 0.370 e. The number of aromatic nitrogens is 1. The Morgan fingerprint density at radius 3 is 2.67 bits per heavy atom. The Hall–Kier alpha value is -0.470. The van der Waals surface area contributed by atoms with Gasteiger partial charge < -0.3 is 4.90 Å². The molecule has 2 nitrogen and oxygen atoms in total. The molecular formula is C11H14Cl2N2. The molecule has 2 rings (SSSR count). The molecule has 0 radical (unpaired) electrons. The van der Waals surface area contributed by atoms with E-state index in [-0.39, 0.29) is 0 Å². The van der Waals surface area contributed by atoms with Crippen LogP contribution in [-0.2, 0) is 5.88 Å². The predicted octanol–water partition coefficient (Wildman–Crippen LogP) is 3.46. The maximum absolute atomic E-state index is 6.25. The van der Waals surface area contributed by atoms with Gasteiger partial charge in [-0.2, -0.15) is 0 Å². The highest BCUT2D eigenvalue weighted by atomic mass is 35.5. The van der Waals surface area contributed by atoms with Gasteiger partial charge in [-0.1, -0.05) is 11.6 Å². The number of hydrogen-bond donors (Lipinski definition) is 0. The van der Waals surface area contributed by atoms with Gasteiger partial charge in [-0.15, -0.1) is 11.6 Å². The Balaban J connectivity index is 2.26. The maximum Gasteiger partial charge on any atom is 0.0867 e. The minimum atomic E-state index is 0.376. The van der Waals surface area contributed by atoms with Gasteiger partial charge in [-0.25, -0.2) is 0 Å². The molecule has 0 N–H and O–H groups in total. The zero-order valence-corrected chi connectivity index (χ0v) is 10.1. The fourth-order valence-electron chi connectivity index (χ4n) is 1.95. The average Bonchev–Trinajstić information content (AvgIpc) is 2.30. The zero-order chi connectivity index (χ0) is 10.7. The van der Waals surface area contributed by atoms with Crippen molar-refractivity contribution in [3.63, 3.8) is 0 Å². The summed E-state index contributed by atoms with van der Waals surface area (Å²) >= 11 is 12.0. The number of nitrogens with zero attached hydrogens (tertiary/aromatic N) is 2. The van der Waals surface area contributed by atoms with E-state index in [0.29, 0.717) is 5.88 Å². The molecule has 0 aliphatic carbocycles. The summed E-state index contributed by atoms with van der Waals surface area (Å²) in [5.41, 5.74) is 1.86. The topological polar surface area (TPSA) is 16.1 Å². The molecule has 82 valence electrons. The van der Waals surface area contributed by atoms with Gasteiger partial charge in [0.15, 0.2) is 0 Å². The molecule has 1 fully saturated rings. The van der Waals surface area contributed by atoms with E-state index in [1.54, 1.807) is 6.20 Å². The molecule has 0 unspecified atom stereocenters. The molecule has 0 amide bonds. The molecule has 0 saturated carbocycles. The van der Waals surface area contributed by atoms with Gasteiger partial charge in [0.25, 0.3) is 0 Å². The summed E-state index contributed by atoms with van der Waals surface area (Å²) < 4.78 is 0. The van der Waals surface area contributed by atoms with Crippen LogP contribution >= 0.6 is 23.2 Å². The highest BCUT2D eigenvalue weighted by Crippen LogP contribution is 2.30.